The standard InChI is InChI=1S/C43H59N5O10S2/c1-27(2)59(53,54)23-22-40(4,5)58-39(52)45-33-17-11-9-7-8-10-14-29-24-43(29,38(51)47-60(55,56)41(6)20-21-41)46-36(49)34-25-42(26-48(34)37(33)50)19-18-31-30-15-12-13-16-32(30)44-28(3)35(31)57-42/h10,12-16,27,29,33-34H,7-9,11,17-26H2,1-6H3,(H,45,52)(H,46,49)(H,47,51). The number of rotatable bonds is 9. The van der Waals surface area contributed by atoms with E-state index in [-0.39, 0.29) is 38.0 Å². The minimum absolute atomic E-state index is 0.00330. The number of para-hydroxylation sites is 1. The maximum atomic E-state index is 14.9. The smallest absolute Gasteiger partial charge is 0.408 e. The van der Waals surface area contributed by atoms with Gasteiger partial charge in [0, 0.05) is 29.7 Å². The van der Waals surface area contributed by atoms with Crippen molar-refractivity contribution in [1.82, 2.24) is 25.2 Å². The zero-order chi connectivity index (χ0) is 43.5. The Hall–Kier alpha value is -4.25. The number of aromatic nitrogens is 1. The fourth-order valence-electron chi connectivity index (χ4n) is 8.74. The Morgan fingerprint density at radius 2 is 1.80 bits per heavy atom. The molecule has 60 heavy (non-hydrogen) atoms. The third-order valence-electron chi connectivity index (χ3n) is 13.2. The van der Waals surface area contributed by atoms with E-state index in [0.717, 1.165) is 22.9 Å². The lowest BCUT2D eigenvalue weighted by Gasteiger charge is -2.36. The number of amides is 4. The van der Waals surface area contributed by atoms with E-state index < -0.39 is 88.4 Å². The van der Waals surface area contributed by atoms with Gasteiger partial charge in [-0.05, 0) is 99.0 Å². The molecule has 4 amide bonds. The lowest BCUT2D eigenvalue weighted by atomic mass is 9.87. The first-order valence-electron chi connectivity index (χ1n) is 21.2. The summed E-state index contributed by atoms with van der Waals surface area (Å²) in [4.78, 5) is 63.5. The number of carbonyl (C=O) groups excluding carboxylic acids is 4. The lowest BCUT2D eigenvalue weighted by molar-refractivity contribution is -0.141. The molecule has 3 N–H and O–H groups in total. The highest BCUT2D eigenvalue weighted by Crippen LogP contribution is 2.49. The van der Waals surface area contributed by atoms with Gasteiger partial charge in [-0.1, -0.05) is 43.2 Å². The van der Waals surface area contributed by atoms with Crippen molar-refractivity contribution < 1.29 is 45.5 Å². The molecule has 15 nitrogen and oxygen atoms in total. The molecule has 7 rings (SSSR count). The number of carbonyl (C=O) groups is 4. The van der Waals surface area contributed by atoms with Crippen molar-refractivity contribution >= 4 is 54.6 Å². The van der Waals surface area contributed by atoms with Crippen LogP contribution in [-0.2, 0) is 45.4 Å². The Bertz CT molecular complexity index is 2330. The van der Waals surface area contributed by atoms with Gasteiger partial charge in [0.1, 0.15) is 34.6 Å². The topological polar surface area (TPSA) is 207 Å². The van der Waals surface area contributed by atoms with E-state index in [1.807, 2.05) is 43.3 Å². The van der Waals surface area contributed by atoms with Gasteiger partial charge in [-0.2, -0.15) is 0 Å². The summed E-state index contributed by atoms with van der Waals surface area (Å²) in [5.74, 6) is -2.03. The number of nitrogens with zero attached hydrogens (tertiary/aromatic N) is 2. The maximum absolute atomic E-state index is 14.9. The van der Waals surface area contributed by atoms with Crippen molar-refractivity contribution in [2.75, 3.05) is 12.3 Å². The molecule has 5 atom stereocenters. The minimum Gasteiger partial charge on any atom is -0.483 e. The van der Waals surface area contributed by atoms with Crippen molar-refractivity contribution in [3.05, 3.63) is 47.7 Å². The van der Waals surface area contributed by atoms with Gasteiger partial charge in [-0.3, -0.25) is 19.1 Å². The Balaban J connectivity index is 1.19. The largest absolute Gasteiger partial charge is 0.483 e. The van der Waals surface area contributed by atoms with Crippen LogP contribution in [0.1, 0.15) is 117 Å². The van der Waals surface area contributed by atoms with E-state index in [1.165, 1.54) is 4.90 Å². The Morgan fingerprint density at radius 1 is 1.07 bits per heavy atom. The van der Waals surface area contributed by atoms with E-state index in [0.29, 0.717) is 56.4 Å². The number of allylic oxidation sites excluding steroid dienone is 1. The second kappa shape index (κ2) is 15.9. The summed E-state index contributed by atoms with van der Waals surface area (Å²) < 4.78 is 65.5. The molecule has 328 valence electrons. The summed E-state index contributed by atoms with van der Waals surface area (Å²) in [6.07, 6.45) is 8.00. The van der Waals surface area contributed by atoms with Crippen LogP contribution in [0.25, 0.3) is 10.9 Å². The molecule has 3 aliphatic heterocycles. The number of pyridine rings is 1. The predicted octanol–water partition coefficient (Wildman–Crippen LogP) is 4.69. The Labute approximate surface area is 353 Å². The van der Waals surface area contributed by atoms with E-state index in [1.54, 1.807) is 34.6 Å². The average Bonchev–Trinajstić information content (AvgIpc) is 4.07. The van der Waals surface area contributed by atoms with Crippen molar-refractivity contribution in [3.63, 3.8) is 0 Å². The van der Waals surface area contributed by atoms with Crippen molar-refractivity contribution in [3.8, 4) is 5.75 Å². The number of fused-ring (bicyclic) bond motifs is 5. The SMILES string of the molecule is Cc1nc2ccccc2c2c1OC1(CC2)CC2C(=O)NC3(C(=O)NS(=O)(=O)C4(C)CC4)CC3C=CCCCCCC(NC(=O)OC(C)(C)CCS(=O)(=O)C(C)C)C(=O)N2C1. The number of sulfone groups is 1. The second-order valence-electron chi connectivity index (χ2n) is 18.7. The summed E-state index contributed by atoms with van der Waals surface area (Å²) >= 11 is 0. The first-order valence-corrected chi connectivity index (χ1v) is 24.4. The molecule has 4 heterocycles. The fraction of sp³-hybridized carbons (Fsp3) is 0.651. The van der Waals surface area contributed by atoms with Crippen molar-refractivity contribution in [1.29, 1.82) is 0 Å². The van der Waals surface area contributed by atoms with E-state index in [9.17, 15) is 36.0 Å². The Kier molecular flexibility index (Phi) is 11.6. The monoisotopic (exact) mass is 869 g/mol. The molecule has 17 heteroatoms. The van der Waals surface area contributed by atoms with Gasteiger partial charge < -0.3 is 25.0 Å². The number of aryl methyl sites for hydroxylation is 2. The molecular weight excluding hydrogens is 811 g/mol. The molecule has 1 spiro atoms. The summed E-state index contributed by atoms with van der Waals surface area (Å²) in [5, 5.41) is 6.06. The number of ether oxygens (including phenoxy) is 2. The third-order valence-corrected chi connectivity index (χ3v) is 17.6. The highest BCUT2D eigenvalue weighted by atomic mass is 32.2. The number of alkyl carbamates (subject to hydrolysis) is 1. The lowest BCUT2D eigenvalue weighted by Crippen LogP contribution is -2.58. The first-order chi connectivity index (χ1) is 28.1. The molecule has 1 saturated heterocycles. The van der Waals surface area contributed by atoms with Gasteiger partial charge >= 0.3 is 6.09 Å². The molecule has 0 radical (unpaired) electrons. The van der Waals surface area contributed by atoms with Crippen LogP contribution < -0.4 is 20.1 Å². The summed E-state index contributed by atoms with van der Waals surface area (Å²) in [6, 6.07) is 5.53. The zero-order valence-electron chi connectivity index (χ0n) is 35.5. The van der Waals surface area contributed by atoms with Crippen LogP contribution in [0.3, 0.4) is 0 Å². The van der Waals surface area contributed by atoms with Crippen LogP contribution in [-0.4, -0.2) is 102 Å². The quantitative estimate of drug-likeness (QED) is 0.295. The number of sulfonamides is 1. The van der Waals surface area contributed by atoms with Gasteiger partial charge in [0.15, 0.2) is 9.84 Å². The summed E-state index contributed by atoms with van der Waals surface area (Å²) in [7, 11) is -7.43. The van der Waals surface area contributed by atoms with Gasteiger partial charge in [0.2, 0.25) is 21.8 Å². The van der Waals surface area contributed by atoms with Crippen LogP contribution in [0.2, 0.25) is 0 Å². The molecule has 5 aliphatic rings. The van der Waals surface area contributed by atoms with E-state index >= 15 is 0 Å². The third kappa shape index (κ3) is 8.75. The fourth-order valence-corrected chi connectivity index (χ4v) is 11.3. The Morgan fingerprint density at radius 3 is 2.52 bits per heavy atom. The normalized spacial score (nSPS) is 28.1. The number of hydrogen-bond donors (Lipinski definition) is 3. The number of hydrogen-bond acceptors (Lipinski definition) is 11. The molecular formula is C43H59N5O10S2. The maximum Gasteiger partial charge on any atom is 0.408 e. The van der Waals surface area contributed by atoms with E-state index in [4.69, 9.17) is 14.5 Å². The second-order valence-corrected chi connectivity index (χ2v) is 23.6. The minimum atomic E-state index is -4.02. The van der Waals surface area contributed by atoms with Gasteiger partial charge in [0.25, 0.3) is 5.91 Å². The molecule has 3 fully saturated rings. The summed E-state index contributed by atoms with van der Waals surface area (Å²) in [6.45, 7) is 9.86. The molecule has 0 bridgehead atoms. The van der Waals surface area contributed by atoms with Crippen LogP contribution in [0.4, 0.5) is 4.79 Å². The molecule has 1 aromatic heterocycles. The molecule has 2 aliphatic carbocycles. The molecule has 5 unspecified atom stereocenters. The van der Waals surface area contributed by atoms with Gasteiger partial charge in [-0.25, -0.2) is 26.6 Å². The predicted molar refractivity (Wildman–Crippen MR) is 225 cm³/mol. The number of benzene rings is 1. The molecule has 2 aromatic rings. The van der Waals surface area contributed by atoms with Crippen molar-refractivity contribution in [2.24, 2.45) is 5.92 Å². The van der Waals surface area contributed by atoms with Crippen LogP contribution in [0.5, 0.6) is 5.75 Å². The zero-order valence-corrected chi connectivity index (χ0v) is 37.1. The molecule has 2 saturated carbocycles. The number of nitrogens with one attached hydrogen (secondary N) is 3. The van der Waals surface area contributed by atoms with Crippen molar-refractivity contribution in [2.45, 2.75) is 157 Å². The van der Waals surface area contributed by atoms with Gasteiger partial charge in [0.05, 0.1) is 33.5 Å². The molecule has 1 aromatic carbocycles. The van der Waals surface area contributed by atoms with Crippen LogP contribution in [0, 0.1) is 12.8 Å². The average molecular weight is 870 g/mol. The van der Waals surface area contributed by atoms with Crippen LogP contribution >= 0.6 is 0 Å². The van der Waals surface area contributed by atoms with Gasteiger partial charge in [-0.15, -0.1) is 0 Å². The highest BCUT2D eigenvalue weighted by Gasteiger charge is 2.64. The van der Waals surface area contributed by atoms with Crippen LogP contribution in [0.15, 0.2) is 36.4 Å². The highest BCUT2D eigenvalue weighted by molar-refractivity contribution is 7.92. The van der Waals surface area contributed by atoms with E-state index in [2.05, 4.69) is 15.4 Å². The first kappa shape index (κ1) is 43.8. The summed E-state index contributed by atoms with van der Waals surface area (Å²) in [5.41, 5.74) is -1.26.